The van der Waals surface area contributed by atoms with Gasteiger partial charge in [-0.1, -0.05) is 0 Å². The number of hydrogen-bond acceptors (Lipinski definition) is 2. The first kappa shape index (κ1) is 6.86. The molecule has 1 rings (SSSR count). The van der Waals surface area contributed by atoms with E-state index >= 15 is 0 Å². The number of pyridine rings is 1. The topological polar surface area (TPSA) is 50.1 Å². The number of hydrogen-bond donors (Lipinski definition) is 2. The van der Waals surface area contributed by atoms with Gasteiger partial charge in [-0.2, -0.15) is 0 Å². The Bertz CT molecular complexity index is 235. The van der Waals surface area contributed by atoms with Gasteiger partial charge in [-0.3, -0.25) is 5.73 Å². The highest BCUT2D eigenvalue weighted by atomic mass is 16.5. The molecule has 0 amide bonds. The molecule has 0 saturated heterocycles. The number of nitrogen functional groups attached to an aromatic ring is 1. The number of nitrogens with zero attached hydrogens (tertiary/aromatic N) is 1. The quantitative estimate of drug-likeness (QED) is 0.404. The van der Waals surface area contributed by atoms with E-state index in [1.54, 1.807) is 13.0 Å². The highest BCUT2D eigenvalue weighted by molar-refractivity contribution is 5.27. The van der Waals surface area contributed by atoms with Gasteiger partial charge in [0.1, 0.15) is 5.69 Å². The zero-order valence-corrected chi connectivity index (χ0v) is 6.13. The first-order chi connectivity index (χ1) is 4.61. The molecule has 0 aliphatic heterocycles. The average Bonchev–Trinajstić information content (AvgIpc) is 1.82. The molecule has 1 aromatic rings. The third-order valence-electron chi connectivity index (χ3n) is 1.39. The van der Waals surface area contributed by atoms with Crippen molar-refractivity contribution in [1.82, 2.24) is 0 Å². The molecule has 0 saturated carbocycles. The van der Waals surface area contributed by atoms with E-state index in [9.17, 15) is 0 Å². The van der Waals surface area contributed by atoms with Crippen LogP contribution in [0.15, 0.2) is 12.1 Å². The molecule has 0 spiro atoms. The van der Waals surface area contributed by atoms with Crippen LogP contribution < -0.4 is 10.5 Å². The lowest BCUT2D eigenvalue weighted by Crippen LogP contribution is -2.37. The lowest BCUT2D eigenvalue weighted by molar-refractivity contribution is -0.897. The number of anilines is 1. The minimum atomic E-state index is 0.373. The Hall–Kier alpha value is -1.25. The Balaban J connectivity index is 3.31. The average molecular weight is 139 g/mol. The van der Waals surface area contributed by atoms with Crippen molar-refractivity contribution < 1.29 is 9.94 Å². The molecule has 10 heavy (non-hydrogen) atoms. The van der Waals surface area contributed by atoms with E-state index in [1.165, 1.54) is 0 Å². The Morgan fingerprint density at radius 1 is 1.40 bits per heavy atom. The van der Waals surface area contributed by atoms with Crippen molar-refractivity contribution in [3.63, 3.8) is 0 Å². The van der Waals surface area contributed by atoms with Crippen molar-refractivity contribution in [3.8, 4) is 0 Å². The number of rotatable bonds is 0. The molecule has 0 aromatic carbocycles. The Morgan fingerprint density at radius 2 is 2.00 bits per heavy atom. The minimum Gasteiger partial charge on any atom is -0.349 e. The van der Waals surface area contributed by atoms with Crippen LogP contribution in [0.3, 0.4) is 0 Å². The van der Waals surface area contributed by atoms with Crippen LogP contribution in [0.2, 0.25) is 0 Å². The van der Waals surface area contributed by atoms with E-state index in [1.807, 2.05) is 13.0 Å². The van der Waals surface area contributed by atoms with Gasteiger partial charge < -0.3 is 5.21 Å². The van der Waals surface area contributed by atoms with Crippen LogP contribution in [0.1, 0.15) is 11.3 Å². The number of nitrogens with two attached hydrogens (primary N) is 1. The largest absolute Gasteiger partial charge is 0.349 e. The summed E-state index contributed by atoms with van der Waals surface area (Å²) in [5.74, 6) is 0.373. The molecule has 0 fully saturated rings. The van der Waals surface area contributed by atoms with Gasteiger partial charge in [0.2, 0.25) is 0 Å². The van der Waals surface area contributed by atoms with E-state index < -0.39 is 0 Å². The summed E-state index contributed by atoms with van der Waals surface area (Å²) in [7, 11) is 0. The zero-order valence-electron chi connectivity index (χ0n) is 6.13. The van der Waals surface area contributed by atoms with Crippen molar-refractivity contribution in [2.45, 2.75) is 13.8 Å². The normalized spacial score (nSPS) is 9.80. The van der Waals surface area contributed by atoms with Gasteiger partial charge in [0, 0.05) is 13.0 Å². The first-order valence-corrected chi connectivity index (χ1v) is 3.09. The van der Waals surface area contributed by atoms with E-state index in [0.29, 0.717) is 5.82 Å². The third kappa shape index (κ3) is 1.03. The number of aryl methyl sites for hydroxylation is 2. The molecule has 0 aliphatic carbocycles. The molecule has 0 bridgehead atoms. The summed E-state index contributed by atoms with van der Waals surface area (Å²) in [6, 6.07) is 3.57. The van der Waals surface area contributed by atoms with Crippen molar-refractivity contribution in [1.29, 1.82) is 0 Å². The van der Waals surface area contributed by atoms with Crippen LogP contribution in [0.4, 0.5) is 5.82 Å². The van der Waals surface area contributed by atoms with Crippen LogP contribution in [-0.4, -0.2) is 5.21 Å². The van der Waals surface area contributed by atoms with E-state index in [-0.39, 0.29) is 0 Å². The lowest BCUT2D eigenvalue weighted by atomic mass is 10.2. The maximum atomic E-state index is 9.12. The fourth-order valence-corrected chi connectivity index (χ4v) is 0.930. The van der Waals surface area contributed by atoms with Crippen molar-refractivity contribution in [2.24, 2.45) is 0 Å². The van der Waals surface area contributed by atoms with Crippen molar-refractivity contribution >= 4 is 5.82 Å². The van der Waals surface area contributed by atoms with Crippen LogP contribution >= 0.6 is 0 Å². The molecule has 3 nitrogen and oxygen atoms in total. The molecule has 0 atom stereocenters. The van der Waals surface area contributed by atoms with Gasteiger partial charge in [-0.25, -0.2) is 0 Å². The third-order valence-corrected chi connectivity index (χ3v) is 1.39. The second kappa shape index (κ2) is 2.17. The second-order valence-electron chi connectivity index (χ2n) is 2.41. The molecule has 0 radical (unpaired) electrons. The van der Waals surface area contributed by atoms with Crippen LogP contribution in [0.5, 0.6) is 0 Å². The number of aromatic nitrogens is 1. The molecule has 0 unspecified atom stereocenters. The summed E-state index contributed by atoms with van der Waals surface area (Å²) in [6.07, 6.45) is 0. The molecule has 0 aliphatic rings. The molecule has 1 aromatic heterocycles. The zero-order chi connectivity index (χ0) is 7.72. The fourth-order valence-electron chi connectivity index (χ4n) is 0.930. The highest BCUT2D eigenvalue weighted by Gasteiger charge is 2.05. The monoisotopic (exact) mass is 139 g/mol. The first-order valence-electron chi connectivity index (χ1n) is 3.09. The maximum Gasteiger partial charge on any atom is 0.312 e. The van der Waals surface area contributed by atoms with Gasteiger partial charge in [-0.15, -0.1) is 0 Å². The molecular formula is C7H11N2O+. The van der Waals surface area contributed by atoms with E-state index in [4.69, 9.17) is 10.9 Å². The molecule has 3 heteroatoms. The standard InChI is InChI=1S/C7H10N2O/c1-5-3-6(2)9(10)7(8)4-5/h3-4,8,10H,1-2H3/p+1. The smallest absolute Gasteiger partial charge is 0.312 e. The summed E-state index contributed by atoms with van der Waals surface area (Å²) < 4.78 is 0.965. The second-order valence-corrected chi connectivity index (χ2v) is 2.41. The molecule has 1 heterocycles. The molecule has 54 valence electrons. The van der Waals surface area contributed by atoms with E-state index in [0.717, 1.165) is 16.0 Å². The SMILES string of the molecule is Cc1cc(C)[n+](O)c(N)c1. The maximum absolute atomic E-state index is 9.12. The minimum absolute atomic E-state index is 0.373. The fraction of sp³-hybridized carbons (Fsp3) is 0.286. The lowest BCUT2D eigenvalue weighted by Gasteiger charge is -1.97. The van der Waals surface area contributed by atoms with Crippen LogP contribution in [0, 0.1) is 13.8 Å². The van der Waals surface area contributed by atoms with E-state index in [2.05, 4.69) is 0 Å². The summed E-state index contributed by atoms with van der Waals surface area (Å²) in [5.41, 5.74) is 7.24. The Morgan fingerprint density at radius 3 is 2.50 bits per heavy atom. The van der Waals surface area contributed by atoms with Crippen LogP contribution in [0.25, 0.3) is 0 Å². The van der Waals surface area contributed by atoms with Gasteiger partial charge in [0.15, 0.2) is 0 Å². The van der Waals surface area contributed by atoms with Crippen LogP contribution in [-0.2, 0) is 0 Å². The van der Waals surface area contributed by atoms with Gasteiger partial charge in [0.05, 0.1) is 0 Å². The molecule has 3 N–H and O–H groups in total. The Labute approximate surface area is 59.7 Å². The van der Waals surface area contributed by atoms with Gasteiger partial charge in [-0.05, 0) is 23.3 Å². The van der Waals surface area contributed by atoms with Gasteiger partial charge >= 0.3 is 5.82 Å². The molecular weight excluding hydrogens is 128 g/mol. The summed E-state index contributed by atoms with van der Waals surface area (Å²) in [6.45, 7) is 3.73. The summed E-state index contributed by atoms with van der Waals surface area (Å²) >= 11 is 0. The highest BCUT2D eigenvalue weighted by Crippen LogP contribution is 2.01. The predicted octanol–water partition coefficient (Wildman–Crippen LogP) is 0.410. The summed E-state index contributed by atoms with van der Waals surface area (Å²) in [5, 5.41) is 9.12. The Kier molecular flexibility index (Phi) is 1.49. The van der Waals surface area contributed by atoms with Gasteiger partial charge in [0.25, 0.3) is 0 Å². The summed E-state index contributed by atoms with van der Waals surface area (Å²) in [4.78, 5) is 0. The van der Waals surface area contributed by atoms with Crippen molar-refractivity contribution in [3.05, 3.63) is 23.4 Å². The predicted molar refractivity (Wildman–Crippen MR) is 37.7 cm³/mol. The van der Waals surface area contributed by atoms with Crippen molar-refractivity contribution in [2.75, 3.05) is 5.73 Å².